The first-order valence-electron chi connectivity index (χ1n) is 11.2. The van der Waals surface area contributed by atoms with E-state index in [-0.39, 0.29) is 28.4 Å². The number of likely N-dealkylation sites (tertiary alicyclic amines) is 1. The summed E-state index contributed by atoms with van der Waals surface area (Å²) >= 11 is 0. The molecule has 0 aromatic heterocycles. The maximum absolute atomic E-state index is 14.2. The molecule has 1 saturated heterocycles. The number of benzene rings is 3. The van der Waals surface area contributed by atoms with Gasteiger partial charge in [0.25, 0.3) is 11.6 Å². The second kappa shape index (κ2) is 8.61. The quantitative estimate of drug-likeness (QED) is 0.400. The summed E-state index contributed by atoms with van der Waals surface area (Å²) in [5, 5.41) is 10.9. The standard InChI is InChI=1S/C26H23F2N3O3/c27-20-3-1-2-19(14-20)25(32)30-17-26(23-15-21(28)6-9-24(23)30)10-12-29(13-11-26)16-18-4-7-22(8-5-18)31(33)34/h1-9,14-15H,10-13,16-17H2. The van der Waals surface area contributed by atoms with Crippen molar-refractivity contribution in [3.63, 3.8) is 0 Å². The molecule has 1 amide bonds. The van der Waals surface area contributed by atoms with Crippen LogP contribution >= 0.6 is 0 Å². The molecule has 3 aromatic carbocycles. The summed E-state index contributed by atoms with van der Waals surface area (Å²) in [6.07, 6.45) is 1.48. The van der Waals surface area contributed by atoms with Crippen molar-refractivity contribution in [3.8, 4) is 0 Å². The topological polar surface area (TPSA) is 66.7 Å². The van der Waals surface area contributed by atoms with Crippen molar-refractivity contribution in [1.29, 1.82) is 0 Å². The van der Waals surface area contributed by atoms with Crippen LogP contribution in [0.1, 0.15) is 34.3 Å². The van der Waals surface area contributed by atoms with Crippen molar-refractivity contribution >= 4 is 17.3 Å². The van der Waals surface area contributed by atoms with Gasteiger partial charge in [-0.25, -0.2) is 8.78 Å². The highest BCUT2D eigenvalue weighted by Gasteiger charge is 2.46. The molecule has 34 heavy (non-hydrogen) atoms. The number of carbonyl (C=O) groups excluding carboxylic acids is 1. The highest BCUT2D eigenvalue weighted by molar-refractivity contribution is 6.07. The number of hydrogen-bond donors (Lipinski definition) is 0. The summed E-state index contributed by atoms with van der Waals surface area (Å²) in [6, 6.07) is 16.7. The monoisotopic (exact) mass is 463 g/mol. The first-order chi connectivity index (χ1) is 16.3. The first-order valence-corrected chi connectivity index (χ1v) is 11.2. The average molecular weight is 463 g/mol. The number of nitro groups is 1. The summed E-state index contributed by atoms with van der Waals surface area (Å²) < 4.78 is 28.0. The van der Waals surface area contributed by atoms with E-state index in [4.69, 9.17) is 0 Å². The van der Waals surface area contributed by atoms with E-state index in [1.165, 1.54) is 42.5 Å². The summed E-state index contributed by atoms with van der Waals surface area (Å²) in [7, 11) is 0. The van der Waals surface area contributed by atoms with Crippen LogP contribution in [0.5, 0.6) is 0 Å². The molecule has 0 atom stereocenters. The number of carbonyl (C=O) groups is 1. The minimum Gasteiger partial charge on any atom is -0.307 e. The number of non-ortho nitro benzene ring substituents is 1. The third kappa shape index (κ3) is 4.05. The molecule has 0 N–H and O–H groups in total. The van der Waals surface area contributed by atoms with Crippen LogP contribution in [0.25, 0.3) is 0 Å². The van der Waals surface area contributed by atoms with Gasteiger partial charge < -0.3 is 4.90 Å². The van der Waals surface area contributed by atoms with E-state index in [2.05, 4.69) is 4.90 Å². The number of hydrogen-bond acceptors (Lipinski definition) is 4. The van der Waals surface area contributed by atoms with E-state index in [0.29, 0.717) is 18.8 Å². The fourth-order valence-electron chi connectivity index (χ4n) is 5.15. The molecule has 0 aliphatic carbocycles. The van der Waals surface area contributed by atoms with Gasteiger partial charge in [-0.3, -0.25) is 19.8 Å². The Bertz CT molecular complexity index is 1250. The van der Waals surface area contributed by atoms with Gasteiger partial charge in [-0.1, -0.05) is 18.2 Å². The Balaban J connectivity index is 1.35. The van der Waals surface area contributed by atoms with Crippen LogP contribution in [0.2, 0.25) is 0 Å². The van der Waals surface area contributed by atoms with Crippen molar-refractivity contribution in [2.24, 2.45) is 0 Å². The van der Waals surface area contributed by atoms with Gasteiger partial charge in [-0.15, -0.1) is 0 Å². The van der Waals surface area contributed by atoms with E-state index in [1.54, 1.807) is 29.2 Å². The molecule has 0 saturated carbocycles. The largest absolute Gasteiger partial charge is 0.307 e. The Hall–Kier alpha value is -3.65. The lowest BCUT2D eigenvalue weighted by Crippen LogP contribution is -2.45. The molecule has 1 fully saturated rings. The van der Waals surface area contributed by atoms with E-state index in [0.717, 1.165) is 37.1 Å². The Morgan fingerprint density at radius 3 is 2.35 bits per heavy atom. The van der Waals surface area contributed by atoms with Gasteiger partial charge in [0, 0.05) is 41.9 Å². The smallest absolute Gasteiger partial charge is 0.269 e. The molecule has 3 aromatic rings. The number of fused-ring (bicyclic) bond motifs is 2. The molecule has 0 unspecified atom stereocenters. The van der Waals surface area contributed by atoms with Gasteiger partial charge >= 0.3 is 0 Å². The van der Waals surface area contributed by atoms with E-state index >= 15 is 0 Å². The summed E-state index contributed by atoms with van der Waals surface area (Å²) in [5.41, 5.74) is 2.46. The Kier molecular flexibility index (Phi) is 5.61. The zero-order chi connectivity index (χ0) is 23.9. The van der Waals surface area contributed by atoms with Gasteiger partial charge in [0.05, 0.1) is 4.92 Å². The van der Waals surface area contributed by atoms with Crippen LogP contribution < -0.4 is 4.90 Å². The van der Waals surface area contributed by atoms with E-state index < -0.39 is 10.7 Å². The number of nitrogens with zero attached hydrogens (tertiary/aromatic N) is 3. The summed E-state index contributed by atoms with van der Waals surface area (Å²) in [4.78, 5) is 27.6. The van der Waals surface area contributed by atoms with Gasteiger partial charge in [0.15, 0.2) is 0 Å². The van der Waals surface area contributed by atoms with E-state index in [9.17, 15) is 23.7 Å². The lowest BCUT2D eigenvalue weighted by atomic mass is 9.74. The maximum Gasteiger partial charge on any atom is 0.269 e. The number of nitro benzene ring substituents is 1. The minimum atomic E-state index is -0.473. The van der Waals surface area contributed by atoms with Crippen molar-refractivity contribution in [1.82, 2.24) is 4.90 Å². The van der Waals surface area contributed by atoms with Crippen LogP contribution in [0.15, 0.2) is 66.7 Å². The molecule has 0 bridgehead atoms. The van der Waals surface area contributed by atoms with Gasteiger partial charge in [0.1, 0.15) is 11.6 Å². The van der Waals surface area contributed by atoms with Crippen LogP contribution in [-0.2, 0) is 12.0 Å². The second-order valence-electron chi connectivity index (χ2n) is 9.04. The fourth-order valence-corrected chi connectivity index (χ4v) is 5.15. The van der Waals surface area contributed by atoms with Gasteiger partial charge in [-0.2, -0.15) is 0 Å². The Labute approximate surface area is 195 Å². The van der Waals surface area contributed by atoms with Crippen LogP contribution in [-0.4, -0.2) is 35.4 Å². The highest BCUT2D eigenvalue weighted by atomic mass is 19.1. The molecular weight excluding hydrogens is 440 g/mol. The maximum atomic E-state index is 14.2. The molecule has 6 nitrogen and oxygen atoms in total. The molecule has 1 spiro atoms. The van der Waals surface area contributed by atoms with Gasteiger partial charge in [-0.05, 0) is 73.5 Å². The average Bonchev–Trinajstić information content (AvgIpc) is 3.13. The van der Waals surface area contributed by atoms with Crippen LogP contribution in [0.4, 0.5) is 20.2 Å². The molecule has 5 rings (SSSR count). The lowest BCUT2D eigenvalue weighted by Gasteiger charge is -2.40. The molecule has 0 radical (unpaired) electrons. The second-order valence-corrected chi connectivity index (χ2v) is 9.04. The zero-order valence-corrected chi connectivity index (χ0v) is 18.4. The van der Waals surface area contributed by atoms with Crippen LogP contribution in [0, 0.1) is 21.7 Å². The van der Waals surface area contributed by atoms with Crippen molar-refractivity contribution < 1.29 is 18.5 Å². The first kappa shape index (κ1) is 22.2. The SMILES string of the molecule is O=C(c1cccc(F)c1)N1CC2(CCN(Cc3ccc([N+](=O)[O-])cc3)CC2)c2cc(F)ccc21. The predicted molar refractivity (Wildman–Crippen MR) is 124 cm³/mol. The summed E-state index contributed by atoms with van der Waals surface area (Å²) in [5.74, 6) is -1.11. The number of halogens is 2. The zero-order valence-electron chi connectivity index (χ0n) is 18.4. The third-order valence-electron chi connectivity index (χ3n) is 6.96. The molecular formula is C26H23F2N3O3. The molecule has 2 aliphatic heterocycles. The predicted octanol–water partition coefficient (Wildman–Crippen LogP) is 5.07. The molecule has 8 heteroatoms. The number of amides is 1. The summed E-state index contributed by atoms with van der Waals surface area (Å²) in [6.45, 7) is 2.58. The van der Waals surface area contributed by atoms with E-state index in [1.807, 2.05) is 0 Å². The van der Waals surface area contributed by atoms with Gasteiger partial charge in [0.2, 0.25) is 0 Å². The number of piperidine rings is 1. The number of anilines is 1. The minimum absolute atomic E-state index is 0.0639. The van der Waals surface area contributed by atoms with Crippen molar-refractivity contribution in [2.45, 2.75) is 24.8 Å². The number of rotatable bonds is 4. The highest BCUT2D eigenvalue weighted by Crippen LogP contribution is 2.48. The fraction of sp³-hybridized carbons (Fsp3) is 0.269. The van der Waals surface area contributed by atoms with Crippen LogP contribution in [0.3, 0.4) is 0 Å². The van der Waals surface area contributed by atoms with Crippen molar-refractivity contribution in [2.75, 3.05) is 24.5 Å². The molecule has 174 valence electrons. The Morgan fingerprint density at radius 1 is 0.971 bits per heavy atom. The lowest BCUT2D eigenvalue weighted by molar-refractivity contribution is -0.384. The molecule has 2 aliphatic rings. The van der Waals surface area contributed by atoms with Crippen molar-refractivity contribution in [3.05, 3.63) is 105 Å². The third-order valence-corrected chi connectivity index (χ3v) is 6.96. The normalized spacial score (nSPS) is 17.1. The molecule has 2 heterocycles. The Morgan fingerprint density at radius 2 is 1.68 bits per heavy atom.